The summed E-state index contributed by atoms with van der Waals surface area (Å²) < 4.78 is 21.7. The van der Waals surface area contributed by atoms with E-state index in [1.807, 2.05) is 0 Å². The molecule has 17 aliphatic heterocycles. The molecule has 0 radical (unpaired) electrons. The number of piperidine rings is 10. The molecular weight excluding hydrogens is 1540 g/mol. The van der Waals surface area contributed by atoms with Crippen molar-refractivity contribution in [3.05, 3.63) is 0 Å². The first kappa shape index (κ1) is 119. The standard InChI is InChI=1S/4C7H15N.2C6H14N2.4C6H13NO.3C6H13N.C5H9N.2C5H11N.C4H9N/c4*1-6-4-3-5-7(2)8-6;2*1-8(2)6-3-4-7-5-6;4*1-5-3-7-4-6(2)8-5;3*1-6-4-2-3-5-7-6;1-4-2-6-3-5(1)4;2*1-2-4-6-5-3-1;1-2-4-5-3-1/h4*6-8H,3-5H2,1-2H3;2*6-7H,3-5H2,1-2H3;4*5-7H,3-4H2,1-2H3;3*6-7H,2-5H2,1H3;4-6H,1-3H2;2*6H,1-5H2;5H,1-4H2/t6-,7+;2*6-,7-;;6-;;5-,6+;2*5-,6-;;2*6-;;;;;/m.10.1..10.10...../s1. The fourth-order valence-electron chi connectivity index (χ4n) is 18.2. The Morgan fingerprint density at radius 2 is 0.379 bits per heavy atom. The topological polar surface area (TPSA) is 248 Å². The van der Waals surface area contributed by atoms with Gasteiger partial charge in [-0.15, -0.1) is 0 Å². The van der Waals surface area contributed by atoms with Crippen LogP contribution in [0.1, 0.15) is 337 Å². The second kappa shape index (κ2) is 79.5. The Morgan fingerprint density at radius 1 is 0.177 bits per heavy atom. The Hall–Kier alpha value is -0.920. The molecule has 23 heteroatoms. The highest BCUT2D eigenvalue weighted by Gasteiger charge is 2.40. The van der Waals surface area contributed by atoms with Crippen molar-refractivity contribution < 1.29 is 18.9 Å². The van der Waals surface area contributed by atoms with Crippen LogP contribution in [0.5, 0.6) is 0 Å². The van der Waals surface area contributed by atoms with Gasteiger partial charge in [0.1, 0.15) is 0 Å². The molecule has 23 atom stereocenters. The Kier molecular flexibility index (Phi) is 76.3. The second-order valence-corrected chi connectivity index (χ2v) is 41.0. The summed E-state index contributed by atoms with van der Waals surface area (Å²) in [5.74, 6) is 2.20. The van der Waals surface area contributed by atoms with Crippen molar-refractivity contribution in [2.75, 3.05) is 179 Å². The van der Waals surface area contributed by atoms with Crippen LogP contribution >= 0.6 is 0 Å². The molecule has 23 nitrogen and oxygen atoms in total. The van der Waals surface area contributed by atoms with E-state index in [4.69, 9.17) is 18.9 Å². The first-order chi connectivity index (χ1) is 59.6. The number of rotatable bonds is 2. The van der Waals surface area contributed by atoms with Crippen molar-refractivity contribution in [3.8, 4) is 0 Å². The van der Waals surface area contributed by atoms with E-state index >= 15 is 0 Å². The normalized spacial score (nSPS) is 35.7. The van der Waals surface area contributed by atoms with E-state index in [9.17, 15) is 0 Å². The van der Waals surface area contributed by atoms with Crippen molar-refractivity contribution in [1.29, 1.82) is 0 Å². The highest BCUT2D eigenvalue weighted by atomic mass is 16.5. The van der Waals surface area contributed by atoms with Crippen molar-refractivity contribution in [3.63, 3.8) is 0 Å². The number of hydrogen-bond acceptors (Lipinski definition) is 23. The van der Waals surface area contributed by atoms with Crippen LogP contribution in [0, 0.1) is 11.8 Å². The second-order valence-electron chi connectivity index (χ2n) is 41.0. The van der Waals surface area contributed by atoms with Gasteiger partial charge in [-0.05, 0) is 404 Å². The lowest BCUT2D eigenvalue weighted by atomic mass is 10.0. The number of hydrogen-bond donors (Lipinski definition) is 17. The molecule has 742 valence electrons. The van der Waals surface area contributed by atoms with Crippen molar-refractivity contribution >= 4 is 0 Å². The molecule has 0 amide bonds. The lowest BCUT2D eigenvalue weighted by Crippen LogP contribution is -2.41. The van der Waals surface area contributed by atoms with E-state index in [1.165, 1.54) is 304 Å². The van der Waals surface area contributed by atoms with Crippen molar-refractivity contribution in [2.45, 2.75) is 464 Å². The van der Waals surface area contributed by atoms with Gasteiger partial charge in [-0.25, -0.2) is 0 Å². The van der Waals surface area contributed by atoms with Gasteiger partial charge in [0.25, 0.3) is 0 Å². The first-order valence-electron chi connectivity index (χ1n) is 52.8. The molecule has 1 aliphatic carbocycles. The summed E-state index contributed by atoms with van der Waals surface area (Å²) in [6.45, 7) is 68.1. The summed E-state index contributed by atoms with van der Waals surface area (Å²) in [5, 5.41) is 56.8. The predicted molar refractivity (Wildman–Crippen MR) is 539 cm³/mol. The Balaban J connectivity index is 0.000000447. The summed E-state index contributed by atoms with van der Waals surface area (Å²) in [5.41, 5.74) is 0. The van der Waals surface area contributed by atoms with Gasteiger partial charge in [0, 0.05) is 144 Å². The van der Waals surface area contributed by atoms with Gasteiger partial charge in [0.15, 0.2) is 0 Å². The van der Waals surface area contributed by atoms with E-state index in [-0.39, 0.29) is 0 Å². The quantitative estimate of drug-likeness (QED) is 0.123. The molecule has 18 rings (SSSR count). The van der Waals surface area contributed by atoms with Gasteiger partial charge >= 0.3 is 0 Å². The van der Waals surface area contributed by atoms with E-state index in [0.717, 1.165) is 143 Å². The number of morpholine rings is 4. The SMILES string of the molecule is C1CCNC1.C1CCNCC1.C1CCNCC1.C1NCC2CC12.CC1CCCC(C)N1.CC1CCCCN1.CC1CNCC(C)O1.CN(C)C1CCNC1.CN(C)[C@@H]1CCNC1.C[C@@H]1CCCCN1.C[C@@H]1CCC[C@@H](C)N1.C[C@@H]1CCC[C@H](C)N1.C[C@@H]1CNC[C@@H](C)O1.C[C@@H]1CNC[C@H](C)O1.C[C@H]1CCCCN1.C[C@H]1CCC[C@H](C)N1.C[C@H]1CNC[C@H](C)O1. The maximum atomic E-state index is 5.42. The largest absolute Gasteiger partial charge is 0.373 e. The van der Waals surface area contributed by atoms with Gasteiger partial charge in [0.05, 0.1) is 48.8 Å². The number of nitrogens with zero attached hydrogens (tertiary/aromatic N) is 2. The third-order valence-electron chi connectivity index (χ3n) is 26.1. The van der Waals surface area contributed by atoms with Crippen LogP contribution in [0.15, 0.2) is 0 Å². The number of fused-ring (bicyclic) bond motifs is 1. The lowest BCUT2D eigenvalue weighted by Gasteiger charge is -2.25. The zero-order valence-electron chi connectivity index (χ0n) is 86.2. The molecule has 0 aromatic heterocycles. The van der Waals surface area contributed by atoms with E-state index in [0.29, 0.717) is 48.8 Å². The van der Waals surface area contributed by atoms with Crippen LogP contribution < -0.4 is 90.4 Å². The molecular formula is C101H219N19O4. The van der Waals surface area contributed by atoms with Gasteiger partial charge in [0.2, 0.25) is 0 Å². The van der Waals surface area contributed by atoms with Crippen LogP contribution in [-0.2, 0) is 18.9 Å². The monoisotopic (exact) mass is 1760 g/mol. The zero-order chi connectivity index (χ0) is 91.2. The van der Waals surface area contributed by atoms with Crippen LogP contribution in [-0.4, -0.2) is 316 Å². The highest BCUT2D eigenvalue weighted by molar-refractivity contribution is 4.94. The summed E-state index contributed by atoms with van der Waals surface area (Å²) in [6.07, 6.45) is 47.7. The molecule has 0 aromatic rings. The average molecular weight is 1760 g/mol. The molecule has 0 aromatic carbocycles. The number of nitrogens with one attached hydrogen (secondary N) is 17. The molecule has 0 bridgehead atoms. The number of ether oxygens (including phenoxy) is 4. The highest BCUT2D eigenvalue weighted by Crippen LogP contribution is 2.40. The predicted octanol–water partition coefficient (Wildman–Crippen LogP) is 13.1. The average Bonchev–Trinajstić information content (AvgIpc) is 1.67. The summed E-state index contributed by atoms with van der Waals surface area (Å²) >= 11 is 0. The van der Waals surface area contributed by atoms with Crippen molar-refractivity contribution in [1.82, 2.24) is 100 Å². The third kappa shape index (κ3) is 73.5. The minimum absolute atomic E-state index is 0.402. The van der Waals surface area contributed by atoms with E-state index in [2.05, 4.69) is 260 Å². The van der Waals surface area contributed by atoms with Crippen LogP contribution in [0.25, 0.3) is 0 Å². The summed E-state index contributed by atoms with van der Waals surface area (Å²) in [4.78, 5) is 4.56. The van der Waals surface area contributed by atoms with Gasteiger partial charge in [-0.2, -0.15) is 0 Å². The smallest absolute Gasteiger partial charge is 0.0675 e. The van der Waals surface area contributed by atoms with E-state index in [1.54, 1.807) is 0 Å². The first-order valence-corrected chi connectivity index (χ1v) is 52.8. The van der Waals surface area contributed by atoms with Crippen LogP contribution in [0.4, 0.5) is 0 Å². The summed E-state index contributed by atoms with van der Waals surface area (Å²) in [6, 6.07) is 10.0. The molecule has 18 fully saturated rings. The summed E-state index contributed by atoms with van der Waals surface area (Å²) in [7, 11) is 8.55. The Morgan fingerprint density at radius 3 is 0.468 bits per heavy atom. The fourth-order valence-corrected chi connectivity index (χ4v) is 18.2. The van der Waals surface area contributed by atoms with Gasteiger partial charge in [-0.3, -0.25) is 0 Å². The molecule has 1 saturated carbocycles. The molecule has 17 heterocycles. The molecule has 8 unspecified atom stereocenters. The third-order valence-corrected chi connectivity index (χ3v) is 26.1. The molecule has 17 saturated heterocycles. The van der Waals surface area contributed by atoms with Crippen LogP contribution in [0.2, 0.25) is 0 Å². The maximum absolute atomic E-state index is 5.42. The lowest BCUT2D eigenvalue weighted by molar-refractivity contribution is -0.0168. The minimum Gasteiger partial charge on any atom is -0.373 e. The molecule has 17 N–H and O–H groups in total. The Bertz CT molecular complexity index is 1830. The number of likely N-dealkylation sites (N-methyl/N-ethyl adjacent to an activating group) is 2. The molecule has 0 spiro atoms. The maximum Gasteiger partial charge on any atom is 0.0675 e. The van der Waals surface area contributed by atoms with Crippen molar-refractivity contribution in [2.24, 2.45) is 11.8 Å². The fraction of sp³-hybridized carbons (Fsp3) is 1.00. The van der Waals surface area contributed by atoms with E-state index < -0.39 is 0 Å². The van der Waals surface area contributed by atoms with Crippen LogP contribution in [0.3, 0.4) is 0 Å². The zero-order valence-corrected chi connectivity index (χ0v) is 86.2. The Labute approximate surface area is 770 Å². The molecule has 18 aliphatic rings. The van der Waals surface area contributed by atoms with Gasteiger partial charge < -0.3 is 119 Å². The minimum atomic E-state index is 0.402. The van der Waals surface area contributed by atoms with Gasteiger partial charge in [-0.1, -0.05) is 57.8 Å². The molecule has 124 heavy (non-hydrogen) atoms.